The zero-order chi connectivity index (χ0) is 16.0. The fourth-order valence-corrected chi connectivity index (χ4v) is 5.26. The highest BCUT2D eigenvalue weighted by atomic mass is 32.2. The SMILES string of the molecule is C=Cc1ccc(S(=O)(=O)N2C[C@@H]3CCC[C@@]3(C(=O)O)C2)cc1. The molecule has 6 heteroatoms. The first-order valence-corrected chi connectivity index (χ1v) is 8.80. The van der Waals surface area contributed by atoms with E-state index >= 15 is 0 Å². The molecule has 0 bridgehead atoms. The molecule has 0 unspecified atom stereocenters. The number of hydrogen-bond donors (Lipinski definition) is 1. The smallest absolute Gasteiger partial charge is 0.311 e. The normalized spacial score (nSPS) is 28.5. The first-order valence-electron chi connectivity index (χ1n) is 7.36. The molecule has 1 N–H and O–H groups in total. The molecule has 5 nitrogen and oxygen atoms in total. The van der Waals surface area contributed by atoms with Crippen LogP contribution in [0.3, 0.4) is 0 Å². The molecule has 2 fully saturated rings. The molecule has 2 aliphatic rings. The van der Waals surface area contributed by atoms with Gasteiger partial charge >= 0.3 is 5.97 Å². The van der Waals surface area contributed by atoms with Gasteiger partial charge in [0.15, 0.2) is 0 Å². The number of carboxylic acids is 1. The van der Waals surface area contributed by atoms with Crippen molar-refractivity contribution in [2.75, 3.05) is 13.1 Å². The lowest BCUT2D eigenvalue weighted by atomic mass is 9.81. The lowest BCUT2D eigenvalue weighted by Crippen LogP contribution is -2.37. The molecule has 118 valence electrons. The third kappa shape index (κ3) is 2.18. The van der Waals surface area contributed by atoms with Gasteiger partial charge in [-0.05, 0) is 36.5 Å². The van der Waals surface area contributed by atoms with Crippen LogP contribution in [0.4, 0.5) is 0 Å². The van der Waals surface area contributed by atoms with Crippen molar-refractivity contribution in [2.24, 2.45) is 11.3 Å². The predicted molar refractivity (Wildman–Crippen MR) is 82.7 cm³/mol. The zero-order valence-corrected chi connectivity index (χ0v) is 13.1. The summed E-state index contributed by atoms with van der Waals surface area (Å²) in [5, 5.41) is 9.56. The van der Waals surface area contributed by atoms with Crippen LogP contribution in [0, 0.1) is 11.3 Å². The number of carboxylic acid groups (broad SMARTS) is 1. The predicted octanol–water partition coefficient (Wildman–Crippen LogP) is 2.21. The summed E-state index contributed by atoms with van der Waals surface area (Å²) in [4.78, 5) is 11.9. The molecular formula is C16H19NO4S. The van der Waals surface area contributed by atoms with Gasteiger partial charge in [0.25, 0.3) is 0 Å². The molecule has 0 spiro atoms. The second kappa shape index (κ2) is 5.21. The standard InChI is InChI=1S/C16H19NO4S/c1-2-12-5-7-14(8-6-12)22(20,21)17-10-13-4-3-9-16(13,11-17)15(18)19/h2,5-8,13H,1,3-4,9-11H2,(H,18,19)/t13-,16+/m0/s1. The Morgan fingerprint density at radius 1 is 1.36 bits per heavy atom. The Bertz CT molecular complexity index is 710. The van der Waals surface area contributed by atoms with Crippen LogP contribution in [0.1, 0.15) is 24.8 Å². The Balaban J connectivity index is 1.91. The largest absolute Gasteiger partial charge is 0.481 e. The maximum Gasteiger partial charge on any atom is 0.311 e. The Morgan fingerprint density at radius 2 is 2.05 bits per heavy atom. The molecule has 0 radical (unpaired) electrons. The molecule has 3 rings (SSSR count). The van der Waals surface area contributed by atoms with Gasteiger partial charge in [0.05, 0.1) is 10.3 Å². The summed E-state index contributed by atoms with van der Waals surface area (Å²) in [5.41, 5.74) is -0.0482. The van der Waals surface area contributed by atoms with Crippen LogP contribution in [-0.2, 0) is 14.8 Å². The molecule has 1 aliphatic heterocycles. The van der Waals surface area contributed by atoms with E-state index in [0.29, 0.717) is 13.0 Å². The van der Waals surface area contributed by atoms with Crippen LogP contribution in [0.25, 0.3) is 6.08 Å². The summed E-state index contributed by atoms with van der Waals surface area (Å²) in [6, 6.07) is 6.50. The van der Waals surface area contributed by atoms with Crippen molar-refractivity contribution < 1.29 is 18.3 Å². The molecule has 1 heterocycles. The van der Waals surface area contributed by atoms with Crippen molar-refractivity contribution in [1.82, 2.24) is 4.31 Å². The van der Waals surface area contributed by atoms with Crippen molar-refractivity contribution in [2.45, 2.75) is 24.2 Å². The van der Waals surface area contributed by atoms with Crippen molar-refractivity contribution in [3.63, 3.8) is 0 Å². The van der Waals surface area contributed by atoms with Crippen molar-refractivity contribution in [3.8, 4) is 0 Å². The fourth-order valence-electron chi connectivity index (χ4n) is 3.70. The number of sulfonamides is 1. The molecule has 0 aromatic heterocycles. The van der Waals surface area contributed by atoms with Crippen LogP contribution >= 0.6 is 0 Å². The van der Waals surface area contributed by atoms with Gasteiger partial charge in [-0.3, -0.25) is 4.79 Å². The number of benzene rings is 1. The van der Waals surface area contributed by atoms with Gasteiger partial charge in [-0.15, -0.1) is 0 Å². The van der Waals surface area contributed by atoms with Crippen molar-refractivity contribution in [1.29, 1.82) is 0 Å². The maximum atomic E-state index is 12.7. The highest BCUT2D eigenvalue weighted by Gasteiger charge is 2.57. The van der Waals surface area contributed by atoms with E-state index in [1.165, 1.54) is 4.31 Å². The van der Waals surface area contributed by atoms with Gasteiger partial charge in [0.1, 0.15) is 0 Å². The van der Waals surface area contributed by atoms with Crippen LogP contribution in [-0.4, -0.2) is 36.9 Å². The summed E-state index contributed by atoms with van der Waals surface area (Å²) in [7, 11) is -3.64. The van der Waals surface area contributed by atoms with Crippen molar-refractivity contribution in [3.05, 3.63) is 36.4 Å². The Morgan fingerprint density at radius 3 is 2.59 bits per heavy atom. The quantitative estimate of drug-likeness (QED) is 0.922. The minimum Gasteiger partial charge on any atom is -0.481 e. The Hall–Kier alpha value is -1.66. The van der Waals surface area contributed by atoms with E-state index in [9.17, 15) is 18.3 Å². The summed E-state index contributed by atoms with van der Waals surface area (Å²) in [6.45, 7) is 4.03. The van der Waals surface area contributed by atoms with Gasteiger partial charge in [-0.2, -0.15) is 4.31 Å². The number of aliphatic carboxylic acids is 1. The second-order valence-electron chi connectivity index (χ2n) is 6.12. The van der Waals surface area contributed by atoms with E-state index in [-0.39, 0.29) is 17.4 Å². The van der Waals surface area contributed by atoms with E-state index in [2.05, 4.69) is 6.58 Å². The summed E-state index contributed by atoms with van der Waals surface area (Å²) < 4.78 is 26.8. The van der Waals surface area contributed by atoms with Crippen LogP contribution in [0.15, 0.2) is 35.7 Å². The zero-order valence-electron chi connectivity index (χ0n) is 12.2. The number of carbonyl (C=O) groups is 1. The van der Waals surface area contributed by atoms with Crippen molar-refractivity contribution >= 4 is 22.1 Å². The molecule has 1 aromatic rings. The summed E-state index contributed by atoms with van der Waals surface area (Å²) >= 11 is 0. The van der Waals surface area contributed by atoms with E-state index in [1.54, 1.807) is 30.3 Å². The van der Waals surface area contributed by atoms with E-state index < -0.39 is 21.4 Å². The van der Waals surface area contributed by atoms with Gasteiger partial charge < -0.3 is 5.11 Å². The third-order valence-electron chi connectivity index (χ3n) is 5.02. The molecule has 1 saturated carbocycles. The van der Waals surface area contributed by atoms with E-state index in [0.717, 1.165) is 18.4 Å². The number of nitrogens with zero attached hydrogens (tertiary/aromatic N) is 1. The van der Waals surface area contributed by atoms with E-state index in [1.807, 2.05) is 0 Å². The topological polar surface area (TPSA) is 74.7 Å². The Kier molecular flexibility index (Phi) is 3.61. The monoisotopic (exact) mass is 321 g/mol. The summed E-state index contributed by atoms with van der Waals surface area (Å²) in [5.74, 6) is -0.943. The Labute approximate surface area is 130 Å². The summed E-state index contributed by atoms with van der Waals surface area (Å²) in [6.07, 6.45) is 3.86. The molecule has 1 aromatic carbocycles. The minimum atomic E-state index is -3.64. The van der Waals surface area contributed by atoms with Crippen LogP contribution in [0.5, 0.6) is 0 Å². The van der Waals surface area contributed by atoms with E-state index in [4.69, 9.17) is 0 Å². The highest BCUT2D eigenvalue weighted by Crippen LogP contribution is 2.50. The molecule has 1 aliphatic carbocycles. The van der Waals surface area contributed by atoms with Gasteiger partial charge in [-0.1, -0.05) is 31.2 Å². The lowest BCUT2D eigenvalue weighted by molar-refractivity contribution is -0.149. The molecule has 0 amide bonds. The highest BCUT2D eigenvalue weighted by molar-refractivity contribution is 7.89. The molecule has 1 saturated heterocycles. The number of fused-ring (bicyclic) bond motifs is 1. The third-order valence-corrected chi connectivity index (χ3v) is 6.84. The number of hydrogen-bond acceptors (Lipinski definition) is 3. The lowest BCUT2D eigenvalue weighted by Gasteiger charge is -2.23. The van der Waals surface area contributed by atoms with Gasteiger partial charge in [0.2, 0.25) is 10.0 Å². The molecular weight excluding hydrogens is 302 g/mol. The average Bonchev–Trinajstić information content (AvgIpc) is 3.05. The van der Waals surface area contributed by atoms with Gasteiger partial charge in [0, 0.05) is 13.1 Å². The average molecular weight is 321 g/mol. The second-order valence-corrected chi connectivity index (χ2v) is 8.06. The van der Waals surface area contributed by atoms with Gasteiger partial charge in [-0.25, -0.2) is 8.42 Å². The minimum absolute atomic E-state index is 0.0766. The fraction of sp³-hybridized carbons (Fsp3) is 0.438. The molecule has 2 atom stereocenters. The van der Waals surface area contributed by atoms with Crippen LogP contribution in [0.2, 0.25) is 0 Å². The van der Waals surface area contributed by atoms with Crippen LogP contribution < -0.4 is 0 Å². The number of rotatable bonds is 4. The first-order chi connectivity index (χ1) is 10.4. The molecule has 22 heavy (non-hydrogen) atoms. The first kappa shape index (κ1) is 15.2. The maximum absolute atomic E-state index is 12.7.